The molecule has 0 amide bonds. The molecule has 0 bridgehead atoms. The van der Waals surface area contributed by atoms with Gasteiger partial charge in [-0.15, -0.1) is 0 Å². The number of nitrogens with zero attached hydrogens (tertiary/aromatic N) is 2. The largest absolute Gasteiger partial charge is 0.296 e. The van der Waals surface area contributed by atoms with Crippen molar-refractivity contribution in [3.05, 3.63) is 107 Å². The van der Waals surface area contributed by atoms with Crippen molar-refractivity contribution in [3.63, 3.8) is 0 Å². The summed E-state index contributed by atoms with van der Waals surface area (Å²) in [5, 5.41) is 0.867. The summed E-state index contributed by atoms with van der Waals surface area (Å²) >= 11 is 6.35. The molecule has 0 aliphatic carbocycles. The van der Waals surface area contributed by atoms with Crippen LogP contribution in [0.5, 0.6) is 0 Å². The van der Waals surface area contributed by atoms with Gasteiger partial charge < -0.3 is 0 Å². The lowest BCUT2D eigenvalue weighted by Gasteiger charge is -2.40. The topological polar surface area (TPSA) is 6.48 Å². The molecule has 0 radical (unpaired) electrons. The van der Waals surface area contributed by atoms with Gasteiger partial charge in [0.1, 0.15) is 0 Å². The Morgan fingerprint density at radius 3 is 1.74 bits per heavy atom. The van der Waals surface area contributed by atoms with Crippen LogP contribution in [0.15, 0.2) is 84.9 Å². The third kappa shape index (κ3) is 4.41. The molecule has 0 aromatic heterocycles. The van der Waals surface area contributed by atoms with E-state index in [9.17, 15) is 0 Å². The van der Waals surface area contributed by atoms with E-state index in [0.29, 0.717) is 6.04 Å². The van der Waals surface area contributed by atoms with Crippen LogP contribution in [0, 0.1) is 0 Å². The van der Waals surface area contributed by atoms with E-state index in [2.05, 4.69) is 82.6 Å². The molecule has 1 aliphatic rings. The molecule has 1 aliphatic heterocycles. The fourth-order valence-corrected chi connectivity index (χ4v) is 4.13. The van der Waals surface area contributed by atoms with Crippen molar-refractivity contribution in [2.75, 3.05) is 26.2 Å². The Morgan fingerprint density at radius 1 is 0.667 bits per heavy atom. The van der Waals surface area contributed by atoms with Crippen molar-refractivity contribution in [2.45, 2.75) is 12.6 Å². The quantitative estimate of drug-likeness (QED) is 0.600. The van der Waals surface area contributed by atoms with E-state index in [1.54, 1.807) is 0 Å². The van der Waals surface area contributed by atoms with E-state index in [0.717, 1.165) is 37.7 Å². The van der Waals surface area contributed by atoms with Gasteiger partial charge >= 0.3 is 0 Å². The Bertz CT molecular complexity index is 803. The van der Waals surface area contributed by atoms with Crippen LogP contribution in [0.2, 0.25) is 5.02 Å². The lowest BCUT2D eigenvalue weighted by atomic mass is 9.96. The third-order valence-corrected chi connectivity index (χ3v) is 5.72. The molecule has 1 saturated heterocycles. The molecular formula is C24H25ClN2. The van der Waals surface area contributed by atoms with E-state index in [-0.39, 0.29) is 0 Å². The molecule has 0 unspecified atom stereocenters. The van der Waals surface area contributed by atoms with Crippen LogP contribution in [0.4, 0.5) is 0 Å². The maximum Gasteiger partial charge on any atom is 0.0602 e. The molecule has 3 aromatic carbocycles. The first-order valence-electron chi connectivity index (χ1n) is 9.61. The minimum atomic E-state index is 0.315. The van der Waals surface area contributed by atoms with Crippen molar-refractivity contribution in [1.29, 1.82) is 0 Å². The molecule has 3 aromatic rings. The summed E-state index contributed by atoms with van der Waals surface area (Å²) < 4.78 is 0. The average molecular weight is 377 g/mol. The SMILES string of the molecule is Clc1ccccc1CN1CCN(C(c2ccccc2)c2ccccc2)CC1. The van der Waals surface area contributed by atoms with E-state index < -0.39 is 0 Å². The second-order valence-corrected chi connectivity index (χ2v) is 7.53. The molecule has 1 fully saturated rings. The van der Waals surface area contributed by atoms with Gasteiger partial charge in [0.25, 0.3) is 0 Å². The molecule has 3 heteroatoms. The summed E-state index contributed by atoms with van der Waals surface area (Å²) in [6, 6.07) is 30.2. The first kappa shape index (κ1) is 18.2. The molecule has 27 heavy (non-hydrogen) atoms. The molecular weight excluding hydrogens is 352 g/mol. The molecule has 0 spiro atoms. The summed E-state index contributed by atoms with van der Waals surface area (Å²) in [5.74, 6) is 0. The number of benzene rings is 3. The van der Waals surface area contributed by atoms with Gasteiger partial charge in [-0.3, -0.25) is 9.80 Å². The van der Waals surface area contributed by atoms with Crippen molar-refractivity contribution < 1.29 is 0 Å². The van der Waals surface area contributed by atoms with Crippen LogP contribution in [0.1, 0.15) is 22.7 Å². The molecule has 138 valence electrons. The number of piperazine rings is 1. The lowest BCUT2D eigenvalue weighted by molar-refractivity contribution is 0.105. The van der Waals surface area contributed by atoms with Gasteiger partial charge in [-0.1, -0.05) is 90.5 Å². The fourth-order valence-electron chi connectivity index (χ4n) is 3.93. The van der Waals surface area contributed by atoms with Gasteiger partial charge in [-0.05, 0) is 22.8 Å². The molecule has 0 atom stereocenters. The third-order valence-electron chi connectivity index (χ3n) is 5.35. The van der Waals surface area contributed by atoms with Crippen molar-refractivity contribution in [3.8, 4) is 0 Å². The van der Waals surface area contributed by atoms with Gasteiger partial charge in [0.2, 0.25) is 0 Å². The van der Waals surface area contributed by atoms with Gasteiger partial charge in [-0.25, -0.2) is 0 Å². The Kier molecular flexibility index (Phi) is 5.88. The molecule has 1 heterocycles. The number of rotatable bonds is 5. The van der Waals surface area contributed by atoms with E-state index >= 15 is 0 Å². The standard InChI is InChI=1S/C24H25ClN2/c25-23-14-8-7-13-22(23)19-26-15-17-27(18-16-26)24(20-9-3-1-4-10-20)21-11-5-2-6-12-21/h1-14,24H,15-19H2. The second-order valence-electron chi connectivity index (χ2n) is 7.13. The van der Waals surface area contributed by atoms with Crippen molar-refractivity contribution in [1.82, 2.24) is 9.80 Å². The first-order valence-corrected chi connectivity index (χ1v) is 9.99. The zero-order valence-corrected chi connectivity index (χ0v) is 16.2. The molecule has 0 saturated carbocycles. The van der Waals surface area contributed by atoms with Crippen LogP contribution < -0.4 is 0 Å². The maximum atomic E-state index is 6.35. The van der Waals surface area contributed by atoms with Crippen molar-refractivity contribution in [2.24, 2.45) is 0 Å². The van der Waals surface area contributed by atoms with E-state index in [4.69, 9.17) is 11.6 Å². The summed E-state index contributed by atoms with van der Waals surface area (Å²) in [7, 11) is 0. The maximum absolute atomic E-state index is 6.35. The Balaban J connectivity index is 1.48. The van der Waals surface area contributed by atoms with Gasteiger partial charge in [0, 0.05) is 37.7 Å². The van der Waals surface area contributed by atoms with Crippen LogP contribution >= 0.6 is 11.6 Å². The summed E-state index contributed by atoms with van der Waals surface area (Å²) in [6.45, 7) is 5.15. The Hall–Kier alpha value is -2.13. The average Bonchev–Trinajstić information content (AvgIpc) is 2.73. The van der Waals surface area contributed by atoms with Gasteiger partial charge in [-0.2, -0.15) is 0 Å². The highest BCUT2D eigenvalue weighted by atomic mass is 35.5. The van der Waals surface area contributed by atoms with Crippen molar-refractivity contribution >= 4 is 11.6 Å². The molecule has 0 N–H and O–H groups in total. The fraction of sp³-hybridized carbons (Fsp3) is 0.250. The molecule has 2 nitrogen and oxygen atoms in total. The smallest absolute Gasteiger partial charge is 0.0602 e. The second kappa shape index (κ2) is 8.71. The highest BCUT2D eigenvalue weighted by molar-refractivity contribution is 6.31. The van der Waals surface area contributed by atoms with Crippen LogP contribution in [0.25, 0.3) is 0 Å². The number of hydrogen-bond acceptors (Lipinski definition) is 2. The van der Waals surface area contributed by atoms with Crippen LogP contribution in [-0.4, -0.2) is 36.0 Å². The highest BCUT2D eigenvalue weighted by Crippen LogP contribution is 2.29. The summed E-state index contributed by atoms with van der Waals surface area (Å²) in [5.41, 5.74) is 3.95. The predicted molar refractivity (Wildman–Crippen MR) is 113 cm³/mol. The Labute approximate surface area is 167 Å². The number of hydrogen-bond donors (Lipinski definition) is 0. The normalized spacial score (nSPS) is 15.9. The van der Waals surface area contributed by atoms with E-state index in [1.165, 1.54) is 16.7 Å². The summed E-state index contributed by atoms with van der Waals surface area (Å²) in [6.07, 6.45) is 0. The minimum Gasteiger partial charge on any atom is -0.296 e. The molecule has 4 rings (SSSR count). The highest BCUT2D eigenvalue weighted by Gasteiger charge is 2.26. The zero-order valence-electron chi connectivity index (χ0n) is 15.5. The van der Waals surface area contributed by atoms with E-state index in [1.807, 2.05) is 12.1 Å². The minimum absolute atomic E-state index is 0.315. The van der Waals surface area contributed by atoms with Crippen LogP contribution in [-0.2, 0) is 6.54 Å². The Morgan fingerprint density at radius 2 is 1.19 bits per heavy atom. The van der Waals surface area contributed by atoms with Crippen LogP contribution in [0.3, 0.4) is 0 Å². The first-order chi connectivity index (χ1) is 13.3. The van der Waals surface area contributed by atoms with Gasteiger partial charge in [0.15, 0.2) is 0 Å². The monoisotopic (exact) mass is 376 g/mol. The van der Waals surface area contributed by atoms with Gasteiger partial charge in [0.05, 0.1) is 6.04 Å². The predicted octanol–water partition coefficient (Wildman–Crippen LogP) is 5.25. The summed E-state index contributed by atoms with van der Waals surface area (Å²) in [4.78, 5) is 5.11. The lowest BCUT2D eigenvalue weighted by Crippen LogP contribution is -2.47. The number of halogens is 1. The zero-order chi connectivity index (χ0) is 18.5.